The average Bonchev–Trinajstić information content (AvgIpc) is 2.90. The van der Waals surface area contributed by atoms with Gasteiger partial charge in [0, 0.05) is 18.7 Å². The van der Waals surface area contributed by atoms with Crippen LogP contribution in [0.4, 0.5) is 0 Å². The van der Waals surface area contributed by atoms with Gasteiger partial charge >= 0.3 is 0 Å². The molecule has 6 nitrogen and oxygen atoms in total. The first-order valence-corrected chi connectivity index (χ1v) is 13.8. The van der Waals surface area contributed by atoms with Crippen molar-refractivity contribution in [3.63, 3.8) is 0 Å². The molecule has 1 heterocycles. The first-order valence-electron chi connectivity index (χ1n) is 13.8. The van der Waals surface area contributed by atoms with Crippen molar-refractivity contribution in [2.75, 3.05) is 39.3 Å². The summed E-state index contributed by atoms with van der Waals surface area (Å²) in [5.41, 5.74) is 3.68. The number of carbonyl (C=O) groups is 2. The fourth-order valence-corrected chi connectivity index (χ4v) is 4.15. The molecule has 2 rings (SSSR count). The van der Waals surface area contributed by atoms with Gasteiger partial charge in [-0.05, 0) is 88.0 Å². The molecule has 0 aromatic heterocycles. The SMILES string of the molecule is C=C1/C=C\CCC2CC(=C)/C(=C(NC=O)\C=C/CNC(=O)C2)C1.CC.CCNCCCN(CC)CC. The maximum absolute atomic E-state index is 12.0. The Bertz CT molecular complexity index is 748. The number of hydrogen-bond donors (Lipinski definition) is 3. The summed E-state index contributed by atoms with van der Waals surface area (Å²) >= 11 is 0. The quantitative estimate of drug-likeness (QED) is 0.298. The van der Waals surface area contributed by atoms with Crippen LogP contribution in [0.1, 0.15) is 73.1 Å². The lowest BCUT2D eigenvalue weighted by molar-refractivity contribution is -0.121. The van der Waals surface area contributed by atoms with Crippen LogP contribution in [0.5, 0.6) is 0 Å². The van der Waals surface area contributed by atoms with Gasteiger partial charge in [0.1, 0.15) is 0 Å². The van der Waals surface area contributed by atoms with E-state index >= 15 is 0 Å². The molecule has 1 unspecified atom stereocenters. The third-order valence-corrected chi connectivity index (χ3v) is 6.15. The standard InChI is InChI=1S/C19H24N2O2.C9H22N2.C2H6/c1-14-6-3-4-7-16-11-15(2)17(10-14)18(21-13-22)8-5-9-20-19(23)12-16;1-4-10-8-7-9-11(5-2)6-3;1-2/h3,5-6,8,13,16H,1-2,4,7,9-12H2,(H,20,23)(H,21,22);10H,4-9H2,1-3H3;1-2H3/b6-3-,8-5-,18-17+;;. The maximum Gasteiger partial charge on any atom is 0.220 e. The van der Waals surface area contributed by atoms with Crippen molar-refractivity contribution in [3.05, 3.63) is 59.9 Å². The number of nitrogens with zero attached hydrogens (tertiary/aromatic N) is 1. The van der Waals surface area contributed by atoms with Gasteiger partial charge in [0.2, 0.25) is 12.3 Å². The van der Waals surface area contributed by atoms with Gasteiger partial charge in [-0.1, -0.05) is 71.6 Å². The largest absolute Gasteiger partial charge is 0.353 e. The topological polar surface area (TPSA) is 73.5 Å². The van der Waals surface area contributed by atoms with Gasteiger partial charge in [-0.3, -0.25) is 9.59 Å². The van der Waals surface area contributed by atoms with Crippen LogP contribution in [0.15, 0.2) is 59.9 Å². The van der Waals surface area contributed by atoms with Gasteiger partial charge in [-0.25, -0.2) is 0 Å². The van der Waals surface area contributed by atoms with E-state index in [1.165, 1.54) is 26.1 Å². The summed E-state index contributed by atoms with van der Waals surface area (Å²) in [6, 6.07) is 0. The molecule has 0 aromatic rings. The van der Waals surface area contributed by atoms with Crippen LogP contribution >= 0.6 is 0 Å². The third kappa shape index (κ3) is 14.8. The molecule has 0 saturated heterocycles. The molecule has 0 saturated carbocycles. The highest BCUT2D eigenvalue weighted by atomic mass is 16.1. The van der Waals surface area contributed by atoms with E-state index in [0.717, 1.165) is 54.8 Å². The summed E-state index contributed by atoms with van der Waals surface area (Å²) in [5.74, 6) is 0.315. The van der Waals surface area contributed by atoms with Gasteiger partial charge in [0.05, 0.1) is 0 Å². The Hall–Kier alpha value is -2.44. The summed E-state index contributed by atoms with van der Waals surface area (Å²) in [4.78, 5) is 25.5. The molecule has 3 N–H and O–H groups in total. The minimum absolute atomic E-state index is 0.0613. The predicted molar refractivity (Wildman–Crippen MR) is 155 cm³/mol. The van der Waals surface area contributed by atoms with E-state index in [1.807, 2.05) is 32.1 Å². The first kappa shape index (κ1) is 33.6. The van der Waals surface area contributed by atoms with E-state index in [0.29, 0.717) is 25.8 Å². The summed E-state index contributed by atoms with van der Waals surface area (Å²) in [5, 5.41) is 8.98. The van der Waals surface area contributed by atoms with Gasteiger partial charge in [-0.2, -0.15) is 0 Å². The van der Waals surface area contributed by atoms with Gasteiger partial charge in [-0.15, -0.1) is 0 Å². The molecule has 2 bridgehead atoms. The molecule has 0 spiro atoms. The number of carbonyl (C=O) groups excluding carboxylic acids is 2. The Balaban J connectivity index is 0.000000796. The molecule has 0 fully saturated rings. The highest BCUT2D eigenvalue weighted by Crippen LogP contribution is 2.31. The van der Waals surface area contributed by atoms with Crippen molar-refractivity contribution < 1.29 is 9.59 Å². The number of rotatable bonds is 9. The van der Waals surface area contributed by atoms with Crippen molar-refractivity contribution in [2.45, 2.75) is 73.1 Å². The summed E-state index contributed by atoms with van der Waals surface area (Å²) < 4.78 is 0. The van der Waals surface area contributed by atoms with E-state index in [-0.39, 0.29) is 11.8 Å². The zero-order valence-electron chi connectivity index (χ0n) is 23.6. The van der Waals surface area contributed by atoms with E-state index in [9.17, 15) is 9.59 Å². The van der Waals surface area contributed by atoms with E-state index in [4.69, 9.17) is 0 Å². The van der Waals surface area contributed by atoms with Crippen molar-refractivity contribution in [1.82, 2.24) is 20.9 Å². The second-order valence-corrected chi connectivity index (χ2v) is 8.79. The molecule has 0 aromatic carbocycles. The minimum Gasteiger partial charge on any atom is -0.353 e. The molecule has 36 heavy (non-hydrogen) atoms. The van der Waals surface area contributed by atoms with Crippen molar-refractivity contribution >= 4 is 12.3 Å². The van der Waals surface area contributed by atoms with E-state index in [2.05, 4.69) is 60.9 Å². The van der Waals surface area contributed by atoms with Gasteiger partial charge in [0.25, 0.3) is 0 Å². The number of fused-ring (bicyclic) bond motifs is 3. The van der Waals surface area contributed by atoms with Crippen LogP contribution in [0.3, 0.4) is 0 Å². The number of hydrogen-bond acceptors (Lipinski definition) is 4. The zero-order valence-corrected chi connectivity index (χ0v) is 23.6. The lowest BCUT2D eigenvalue weighted by Crippen LogP contribution is -2.27. The Morgan fingerprint density at radius 2 is 1.83 bits per heavy atom. The highest BCUT2D eigenvalue weighted by molar-refractivity contribution is 5.76. The lowest BCUT2D eigenvalue weighted by Gasteiger charge is -2.21. The molecule has 2 aliphatic rings. The molecular formula is C30H52N4O2. The maximum atomic E-state index is 12.0. The van der Waals surface area contributed by atoms with Crippen molar-refractivity contribution in [2.24, 2.45) is 5.92 Å². The average molecular weight is 501 g/mol. The van der Waals surface area contributed by atoms with Crippen LogP contribution in [0, 0.1) is 5.92 Å². The van der Waals surface area contributed by atoms with Crippen LogP contribution in [0.25, 0.3) is 0 Å². The highest BCUT2D eigenvalue weighted by Gasteiger charge is 2.19. The fourth-order valence-electron chi connectivity index (χ4n) is 4.15. The number of nitrogens with one attached hydrogen (secondary N) is 3. The smallest absolute Gasteiger partial charge is 0.220 e. The molecule has 6 heteroatoms. The summed E-state index contributed by atoms with van der Waals surface area (Å²) in [6.07, 6.45) is 13.5. The Labute approximate surface area is 221 Å². The van der Waals surface area contributed by atoms with E-state index < -0.39 is 0 Å². The first-order chi connectivity index (χ1) is 17.4. The monoisotopic (exact) mass is 500 g/mol. The molecule has 0 radical (unpaired) electrons. The predicted octanol–water partition coefficient (Wildman–Crippen LogP) is 5.28. The molecule has 2 amide bonds. The molecule has 1 aliphatic carbocycles. The van der Waals surface area contributed by atoms with Gasteiger partial charge < -0.3 is 20.9 Å². The van der Waals surface area contributed by atoms with Crippen LogP contribution < -0.4 is 16.0 Å². The zero-order chi connectivity index (χ0) is 27.2. The Morgan fingerprint density at radius 1 is 1.11 bits per heavy atom. The van der Waals surface area contributed by atoms with Crippen molar-refractivity contribution in [1.29, 1.82) is 0 Å². The minimum atomic E-state index is 0.0613. The second-order valence-electron chi connectivity index (χ2n) is 8.79. The fraction of sp³-hybridized carbons (Fsp3) is 0.600. The third-order valence-electron chi connectivity index (χ3n) is 6.15. The Kier molecular flexibility index (Phi) is 20.3. The number of allylic oxidation sites excluding steroid dienone is 6. The van der Waals surface area contributed by atoms with E-state index in [1.54, 1.807) is 0 Å². The normalized spacial score (nSPS) is 22.2. The molecular weight excluding hydrogens is 448 g/mol. The molecule has 1 aliphatic heterocycles. The Morgan fingerprint density at radius 3 is 2.47 bits per heavy atom. The van der Waals surface area contributed by atoms with Crippen LogP contribution in [0.2, 0.25) is 0 Å². The molecule has 204 valence electrons. The van der Waals surface area contributed by atoms with Crippen LogP contribution in [-0.4, -0.2) is 56.5 Å². The number of amides is 2. The summed E-state index contributed by atoms with van der Waals surface area (Å²) in [7, 11) is 0. The summed E-state index contributed by atoms with van der Waals surface area (Å²) in [6.45, 7) is 25.2. The lowest BCUT2D eigenvalue weighted by atomic mass is 9.85. The van der Waals surface area contributed by atoms with Crippen molar-refractivity contribution in [3.8, 4) is 0 Å². The van der Waals surface area contributed by atoms with Gasteiger partial charge in [0.15, 0.2) is 0 Å². The van der Waals surface area contributed by atoms with Crippen LogP contribution in [-0.2, 0) is 9.59 Å². The second kappa shape index (κ2) is 21.8. The molecule has 1 atom stereocenters.